The largest absolute Gasteiger partial charge is 0.313 e. The molecule has 0 aliphatic heterocycles. The Kier molecular flexibility index (Phi) is 6.14. The van der Waals surface area contributed by atoms with Crippen molar-refractivity contribution in [3.8, 4) is 0 Å². The molecule has 0 atom stereocenters. The van der Waals surface area contributed by atoms with E-state index in [2.05, 4.69) is 77.6 Å². The zero-order chi connectivity index (χ0) is 14.4. The highest BCUT2D eigenvalue weighted by molar-refractivity contribution is 9.10. The molecule has 0 heterocycles. The van der Waals surface area contributed by atoms with Crippen LogP contribution in [0.2, 0.25) is 0 Å². The molecule has 1 nitrogen and oxygen atoms in total. The van der Waals surface area contributed by atoms with Crippen LogP contribution < -0.4 is 5.32 Å². The first-order valence-corrected chi connectivity index (χ1v) is 8.53. The maximum atomic E-state index is 3.56. The molecular weight excluding hydrogens is 330 g/mol. The van der Waals surface area contributed by atoms with Gasteiger partial charge in [0.15, 0.2) is 0 Å². The number of hydrogen-bond acceptors (Lipinski definition) is 2. The van der Waals surface area contributed by atoms with Crippen molar-refractivity contribution in [2.45, 2.75) is 36.6 Å². The number of nitrogens with one attached hydrogen (secondary N) is 1. The lowest BCUT2D eigenvalue weighted by atomic mass is 10.2. The van der Waals surface area contributed by atoms with Crippen LogP contribution in [0.15, 0.2) is 56.7 Å². The minimum absolute atomic E-state index is 0.918. The van der Waals surface area contributed by atoms with Gasteiger partial charge in [-0.1, -0.05) is 52.3 Å². The van der Waals surface area contributed by atoms with E-state index in [0.29, 0.717) is 0 Å². The topological polar surface area (TPSA) is 12.0 Å². The predicted molar refractivity (Wildman–Crippen MR) is 91.4 cm³/mol. The molecule has 20 heavy (non-hydrogen) atoms. The predicted octanol–water partition coefficient (Wildman–Crippen LogP) is 5.41. The van der Waals surface area contributed by atoms with Gasteiger partial charge in [0, 0.05) is 20.8 Å². The van der Waals surface area contributed by atoms with Crippen molar-refractivity contribution in [2.24, 2.45) is 0 Å². The zero-order valence-electron chi connectivity index (χ0n) is 11.9. The molecule has 2 aromatic rings. The van der Waals surface area contributed by atoms with Crippen LogP contribution in [-0.2, 0) is 6.54 Å². The van der Waals surface area contributed by atoms with Gasteiger partial charge in [0.25, 0.3) is 0 Å². The molecule has 106 valence electrons. The fourth-order valence-corrected chi connectivity index (χ4v) is 3.25. The monoisotopic (exact) mass is 349 g/mol. The molecule has 0 aliphatic carbocycles. The second kappa shape index (κ2) is 7.87. The average molecular weight is 350 g/mol. The van der Waals surface area contributed by atoms with Gasteiger partial charge >= 0.3 is 0 Å². The molecule has 0 spiro atoms. The van der Waals surface area contributed by atoms with E-state index in [4.69, 9.17) is 0 Å². The van der Waals surface area contributed by atoms with Crippen molar-refractivity contribution in [3.63, 3.8) is 0 Å². The lowest BCUT2D eigenvalue weighted by Crippen LogP contribution is -2.14. The highest BCUT2D eigenvalue weighted by Crippen LogP contribution is 2.32. The molecule has 0 saturated carbocycles. The van der Waals surface area contributed by atoms with Crippen LogP contribution in [0, 0.1) is 6.92 Å². The number of halogens is 1. The molecule has 2 rings (SSSR count). The third-order valence-electron chi connectivity index (χ3n) is 3.01. The van der Waals surface area contributed by atoms with Crippen LogP contribution in [0.3, 0.4) is 0 Å². The van der Waals surface area contributed by atoms with E-state index >= 15 is 0 Å². The maximum Gasteiger partial charge on any atom is 0.0217 e. The van der Waals surface area contributed by atoms with Gasteiger partial charge < -0.3 is 5.32 Å². The maximum absolute atomic E-state index is 3.56. The Hall–Kier alpha value is -0.770. The minimum Gasteiger partial charge on any atom is -0.313 e. The summed E-state index contributed by atoms with van der Waals surface area (Å²) in [6, 6.07) is 15.2. The van der Waals surface area contributed by atoms with Crippen molar-refractivity contribution in [1.29, 1.82) is 0 Å². The molecular formula is C17H20BrNS. The molecule has 0 unspecified atom stereocenters. The summed E-state index contributed by atoms with van der Waals surface area (Å²) in [6.07, 6.45) is 1.16. The standard InChI is InChI=1S/C17H20BrNS/c1-3-10-19-12-14-11-15(18)6-9-17(14)20-16-7-4-13(2)5-8-16/h4-9,11,19H,3,10,12H2,1-2H3. The van der Waals surface area contributed by atoms with E-state index in [9.17, 15) is 0 Å². The van der Waals surface area contributed by atoms with Gasteiger partial charge in [-0.2, -0.15) is 0 Å². The van der Waals surface area contributed by atoms with Gasteiger partial charge in [0.2, 0.25) is 0 Å². The summed E-state index contributed by atoms with van der Waals surface area (Å²) < 4.78 is 1.14. The summed E-state index contributed by atoms with van der Waals surface area (Å²) in [5.41, 5.74) is 2.65. The summed E-state index contributed by atoms with van der Waals surface area (Å²) in [5.74, 6) is 0. The first kappa shape index (κ1) is 15.6. The fraction of sp³-hybridized carbons (Fsp3) is 0.294. The summed E-state index contributed by atoms with van der Waals surface area (Å²) in [4.78, 5) is 2.61. The van der Waals surface area contributed by atoms with E-state index in [0.717, 1.165) is 24.0 Å². The fourth-order valence-electron chi connectivity index (χ4n) is 1.92. The van der Waals surface area contributed by atoms with E-state index in [1.165, 1.54) is 20.9 Å². The SMILES string of the molecule is CCCNCc1cc(Br)ccc1Sc1ccc(C)cc1. The quantitative estimate of drug-likeness (QED) is 0.699. The van der Waals surface area contributed by atoms with E-state index in [-0.39, 0.29) is 0 Å². The van der Waals surface area contributed by atoms with Crippen LogP contribution in [0.25, 0.3) is 0 Å². The Morgan fingerprint density at radius 2 is 1.85 bits per heavy atom. The van der Waals surface area contributed by atoms with Crippen LogP contribution in [0.1, 0.15) is 24.5 Å². The third kappa shape index (κ3) is 4.65. The summed E-state index contributed by atoms with van der Waals surface area (Å²) in [7, 11) is 0. The van der Waals surface area contributed by atoms with E-state index in [1.54, 1.807) is 0 Å². The molecule has 1 N–H and O–H groups in total. The first-order chi connectivity index (χ1) is 9.69. The number of aryl methyl sites for hydroxylation is 1. The third-order valence-corrected chi connectivity index (χ3v) is 4.63. The van der Waals surface area contributed by atoms with Gasteiger partial charge in [0.1, 0.15) is 0 Å². The Balaban J connectivity index is 2.15. The highest BCUT2D eigenvalue weighted by Gasteiger charge is 2.05. The number of benzene rings is 2. The lowest BCUT2D eigenvalue weighted by Gasteiger charge is -2.11. The molecule has 0 aliphatic rings. The molecule has 0 radical (unpaired) electrons. The number of rotatable bonds is 6. The Morgan fingerprint density at radius 1 is 1.10 bits per heavy atom. The van der Waals surface area contributed by atoms with Crippen molar-refractivity contribution < 1.29 is 0 Å². The molecule has 0 bridgehead atoms. The molecule has 0 fully saturated rings. The van der Waals surface area contributed by atoms with E-state index in [1.807, 2.05) is 11.8 Å². The molecule has 2 aromatic carbocycles. The van der Waals surface area contributed by atoms with Crippen LogP contribution in [-0.4, -0.2) is 6.54 Å². The van der Waals surface area contributed by atoms with E-state index < -0.39 is 0 Å². The molecule has 0 saturated heterocycles. The lowest BCUT2D eigenvalue weighted by molar-refractivity contribution is 0.669. The normalized spacial score (nSPS) is 10.8. The van der Waals surface area contributed by atoms with Gasteiger partial charge in [-0.15, -0.1) is 0 Å². The second-order valence-corrected chi connectivity index (χ2v) is 6.87. The Morgan fingerprint density at radius 3 is 2.55 bits per heavy atom. The van der Waals surface area contributed by atoms with Crippen molar-refractivity contribution in [3.05, 3.63) is 58.1 Å². The van der Waals surface area contributed by atoms with Gasteiger partial charge in [-0.05, 0) is 55.8 Å². The van der Waals surface area contributed by atoms with Crippen molar-refractivity contribution in [2.75, 3.05) is 6.54 Å². The van der Waals surface area contributed by atoms with Crippen molar-refractivity contribution in [1.82, 2.24) is 5.32 Å². The smallest absolute Gasteiger partial charge is 0.0217 e. The zero-order valence-corrected chi connectivity index (χ0v) is 14.4. The van der Waals surface area contributed by atoms with Gasteiger partial charge in [-0.3, -0.25) is 0 Å². The Bertz CT molecular complexity index is 551. The summed E-state index contributed by atoms with van der Waals surface area (Å²) in [6.45, 7) is 6.28. The summed E-state index contributed by atoms with van der Waals surface area (Å²) in [5, 5.41) is 3.48. The van der Waals surface area contributed by atoms with Crippen LogP contribution in [0.4, 0.5) is 0 Å². The minimum atomic E-state index is 0.918. The van der Waals surface area contributed by atoms with Crippen molar-refractivity contribution >= 4 is 27.7 Å². The summed E-state index contributed by atoms with van der Waals surface area (Å²) >= 11 is 5.39. The molecule has 0 aromatic heterocycles. The average Bonchev–Trinajstić information content (AvgIpc) is 2.44. The van der Waals surface area contributed by atoms with Crippen LogP contribution in [0.5, 0.6) is 0 Å². The highest BCUT2D eigenvalue weighted by atomic mass is 79.9. The molecule has 0 amide bonds. The van der Waals surface area contributed by atoms with Gasteiger partial charge in [-0.25, -0.2) is 0 Å². The number of hydrogen-bond donors (Lipinski definition) is 1. The second-order valence-electron chi connectivity index (χ2n) is 4.84. The molecule has 3 heteroatoms. The van der Waals surface area contributed by atoms with Crippen LogP contribution >= 0.6 is 27.7 Å². The Labute approximate surface area is 134 Å². The first-order valence-electron chi connectivity index (χ1n) is 6.92. The van der Waals surface area contributed by atoms with Gasteiger partial charge in [0.05, 0.1) is 0 Å².